The van der Waals surface area contributed by atoms with Gasteiger partial charge in [0.15, 0.2) is 0 Å². The highest BCUT2D eigenvalue weighted by Crippen LogP contribution is 2.44. The van der Waals surface area contributed by atoms with E-state index in [1.807, 2.05) is 19.9 Å². The van der Waals surface area contributed by atoms with Gasteiger partial charge in [-0.25, -0.2) is 0 Å². The minimum Gasteiger partial charge on any atom is -0.497 e. The van der Waals surface area contributed by atoms with Gasteiger partial charge in [0.25, 0.3) is 0 Å². The molecule has 1 aromatic rings. The molecule has 0 amide bonds. The number of benzene rings is 1. The zero-order valence-electron chi connectivity index (χ0n) is 10.9. The molecule has 4 heteroatoms. The summed E-state index contributed by atoms with van der Waals surface area (Å²) in [5.41, 5.74) is 0.881. The first-order chi connectivity index (χ1) is 8.65. The number of ether oxygens (including phenoxy) is 3. The molecule has 18 heavy (non-hydrogen) atoms. The van der Waals surface area contributed by atoms with Crippen molar-refractivity contribution in [1.82, 2.24) is 0 Å². The van der Waals surface area contributed by atoms with Gasteiger partial charge < -0.3 is 14.2 Å². The third kappa shape index (κ3) is 2.82. The van der Waals surface area contributed by atoms with Crippen molar-refractivity contribution < 1.29 is 19.0 Å². The first kappa shape index (κ1) is 12.9. The quantitative estimate of drug-likeness (QED) is 0.458. The second kappa shape index (κ2) is 5.40. The molecule has 2 rings (SSSR count). The van der Waals surface area contributed by atoms with Crippen LogP contribution in [-0.2, 0) is 9.53 Å². The zero-order chi connectivity index (χ0) is 13.1. The van der Waals surface area contributed by atoms with Gasteiger partial charge in [0.2, 0.25) is 0 Å². The molecular weight excluding hydrogens is 232 g/mol. The SMILES string of the molecule is CCCC(=O)Oc1ccc(OC)cc1C1OC1C. The first-order valence-electron chi connectivity index (χ1n) is 6.19. The molecule has 1 fully saturated rings. The summed E-state index contributed by atoms with van der Waals surface area (Å²) in [5, 5.41) is 0. The molecule has 0 bridgehead atoms. The number of hydrogen-bond donors (Lipinski definition) is 0. The Morgan fingerprint density at radius 2 is 2.17 bits per heavy atom. The minimum absolute atomic E-state index is 0.00419. The van der Waals surface area contributed by atoms with Crippen LogP contribution in [0.25, 0.3) is 0 Å². The van der Waals surface area contributed by atoms with Gasteiger partial charge >= 0.3 is 5.97 Å². The lowest BCUT2D eigenvalue weighted by molar-refractivity contribution is -0.134. The Hall–Kier alpha value is -1.55. The predicted molar refractivity (Wildman–Crippen MR) is 66.8 cm³/mol. The van der Waals surface area contributed by atoms with E-state index in [0.29, 0.717) is 12.2 Å². The van der Waals surface area contributed by atoms with Gasteiger partial charge in [-0.3, -0.25) is 4.79 Å². The van der Waals surface area contributed by atoms with E-state index in [0.717, 1.165) is 17.7 Å². The van der Waals surface area contributed by atoms with E-state index in [1.54, 1.807) is 19.2 Å². The number of carbonyl (C=O) groups is 1. The Balaban J connectivity index is 2.20. The molecule has 1 aliphatic rings. The van der Waals surface area contributed by atoms with Crippen LogP contribution >= 0.6 is 0 Å². The van der Waals surface area contributed by atoms with Gasteiger partial charge in [-0.15, -0.1) is 0 Å². The van der Waals surface area contributed by atoms with E-state index < -0.39 is 0 Å². The van der Waals surface area contributed by atoms with Gasteiger partial charge in [-0.05, 0) is 31.5 Å². The summed E-state index contributed by atoms with van der Waals surface area (Å²) < 4.78 is 16.0. The van der Waals surface area contributed by atoms with Gasteiger partial charge in [-0.1, -0.05) is 6.92 Å². The van der Waals surface area contributed by atoms with E-state index in [4.69, 9.17) is 14.2 Å². The van der Waals surface area contributed by atoms with Crippen LogP contribution in [0.15, 0.2) is 18.2 Å². The van der Waals surface area contributed by atoms with Crippen LogP contribution < -0.4 is 9.47 Å². The summed E-state index contributed by atoms with van der Waals surface area (Å²) in [4.78, 5) is 11.5. The number of hydrogen-bond acceptors (Lipinski definition) is 4. The van der Waals surface area contributed by atoms with E-state index in [9.17, 15) is 4.79 Å². The van der Waals surface area contributed by atoms with Crippen LogP contribution in [0, 0.1) is 0 Å². The first-order valence-corrected chi connectivity index (χ1v) is 6.19. The molecule has 0 radical (unpaired) electrons. The van der Waals surface area contributed by atoms with E-state index in [-0.39, 0.29) is 18.2 Å². The molecule has 0 saturated carbocycles. The van der Waals surface area contributed by atoms with E-state index in [2.05, 4.69) is 0 Å². The van der Waals surface area contributed by atoms with Crippen LogP contribution in [0.2, 0.25) is 0 Å². The number of rotatable bonds is 5. The Morgan fingerprint density at radius 3 is 2.72 bits per heavy atom. The molecule has 0 aliphatic carbocycles. The average molecular weight is 250 g/mol. The van der Waals surface area contributed by atoms with Gasteiger partial charge in [0.05, 0.1) is 13.2 Å². The van der Waals surface area contributed by atoms with Gasteiger partial charge in [0.1, 0.15) is 17.6 Å². The van der Waals surface area contributed by atoms with E-state index in [1.165, 1.54) is 0 Å². The van der Waals surface area contributed by atoms with Gasteiger partial charge in [-0.2, -0.15) is 0 Å². The summed E-state index contributed by atoms with van der Waals surface area (Å²) in [6, 6.07) is 5.41. The Kier molecular flexibility index (Phi) is 3.87. The summed E-state index contributed by atoms with van der Waals surface area (Å²) in [6.45, 7) is 3.93. The van der Waals surface area contributed by atoms with Crippen molar-refractivity contribution in [3.8, 4) is 11.5 Å². The maximum atomic E-state index is 11.5. The third-order valence-corrected chi connectivity index (χ3v) is 2.91. The van der Waals surface area contributed by atoms with Crippen molar-refractivity contribution in [3.05, 3.63) is 23.8 Å². The zero-order valence-corrected chi connectivity index (χ0v) is 10.9. The lowest BCUT2D eigenvalue weighted by Crippen LogP contribution is -2.08. The molecule has 2 atom stereocenters. The maximum absolute atomic E-state index is 11.5. The summed E-state index contributed by atoms with van der Waals surface area (Å²) in [6.07, 6.45) is 1.37. The van der Waals surface area contributed by atoms with Crippen LogP contribution in [0.3, 0.4) is 0 Å². The lowest BCUT2D eigenvalue weighted by Gasteiger charge is -2.10. The molecule has 0 aromatic heterocycles. The molecular formula is C14H18O4. The topological polar surface area (TPSA) is 48.1 Å². The molecule has 0 spiro atoms. The number of esters is 1. The monoisotopic (exact) mass is 250 g/mol. The standard InChI is InChI=1S/C14H18O4/c1-4-5-13(15)18-12-7-6-10(16-3)8-11(12)14-9(2)17-14/h6-9,14H,4-5H2,1-3H3. The summed E-state index contributed by atoms with van der Waals surface area (Å²) in [7, 11) is 1.61. The summed E-state index contributed by atoms with van der Waals surface area (Å²) in [5.74, 6) is 1.10. The van der Waals surface area contributed by atoms with Crippen LogP contribution in [-0.4, -0.2) is 19.2 Å². The normalized spacial score (nSPS) is 21.5. The van der Waals surface area contributed by atoms with E-state index >= 15 is 0 Å². The second-order valence-corrected chi connectivity index (χ2v) is 4.39. The smallest absolute Gasteiger partial charge is 0.311 e. The molecule has 0 N–H and O–H groups in total. The van der Waals surface area contributed by atoms with Gasteiger partial charge in [0, 0.05) is 12.0 Å². The molecule has 1 aromatic carbocycles. The Morgan fingerprint density at radius 1 is 1.44 bits per heavy atom. The fourth-order valence-electron chi connectivity index (χ4n) is 1.86. The largest absolute Gasteiger partial charge is 0.497 e. The molecule has 1 heterocycles. The highest BCUT2D eigenvalue weighted by atomic mass is 16.6. The number of epoxide rings is 1. The highest BCUT2D eigenvalue weighted by Gasteiger charge is 2.38. The Bertz CT molecular complexity index is 441. The second-order valence-electron chi connectivity index (χ2n) is 4.39. The molecule has 1 aliphatic heterocycles. The van der Waals surface area contributed by atoms with Crippen molar-refractivity contribution in [3.63, 3.8) is 0 Å². The Labute approximate surface area is 107 Å². The minimum atomic E-state index is -0.211. The molecule has 1 saturated heterocycles. The van der Waals surface area contributed by atoms with Crippen molar-refractivity contribution in [2.45, 2.75) is 38.9 Å². The van der Waals surface area contributed by atoms with Crippen LogP contribution in [0.1, 0.15) is 38.4 Å². The molecule has 2 unspecified atom stereocenters. The summed E-state index contributed by atoms with van der Waals surface area (Å²) >= 11 is 0. The third-order valence-electron chi connectivity index (χ3n) is 2.91. The van der Waals surface area contributed by atoms with Crippen LogP contribution in [0.5, 0.6) is 11.5 Å². The lowest BCUT2D eigenvalue weighted by atomic mass is 10.1. The van der Waals surface area contributed by atoms with Crippen molar-refractivity contribution >= 4 is 5.97 Å². The predicted octanol–water partition coefficient (Wildman–Crippen LogP) is 2.86. The maximum Gasteiger partial charge on any atom is 0.311 e. The van der Waals surface area contributed by atoms with Crippen LogP contribution in [0.4, 0.5) is 0 Å². The van der Waals surface area contributed by atoms with Crippen molar-refractivity contribution in [2.75, 3.05) is 7.11 Å². The van der Waals surface area contributed by atoms with Crippen molar-refractivity contribution in [1.29, 1.82) is 0 Å². The average Bonchev–Trinajstić information content (AvgIpc) is 3.07. The number of carbonyl (C=O) groups excluding carboxylic acids is 1. The fraction of sp³-hybridized carbons (Fsp3) is 0.500. The highest BCUT2D eigenvalue weighted by molar-refractivity contribution is 5.73. The molecule has 4 nitrogen and oxygen atoms in total. The molecule has 98 valence electrons. The number of methoxy groups -OCH3 is 1. The fourth-order valence-corrected chi connectivity index (χ4v) is 1.86. The van der Waals surface area contributed by atoms with Crippen molar-refractivity contribution in [2.24, 2.45) is 0 Å².